The maximum atomic E-state index is 5.88. The second-order valence-corrected chi connectivity index (χ2v) is 7.97. The van der Waals surface area contributed by atoms with Crippen molar-refractivity contribution in [2.75, 3.05) is 0 Å². The molecule has 3 heteroatoms. The number of aryl methyl sites for hydroxylation is 1. The summed E-state index contributed by atoms with van der Waals surface area (Å²) in [6.07, 6.45) is 4.75. The Morgan fingerprint density at radius 3 is 2.60 bits per heavy atom. The van der Waals surface area contributed by atoms with Crippen LogP contribution in [0.15, 0.2) is 53.2 Å². The minimum Gasteiger partial charge on any atom is -0.438 e. The van der Waals surface area contributed by atoms with Crippen LogP contribution in [0.25, 0.3) is 33.3 Å². The molecule has 0 amide bonds. The molecule has 0 unspecified atom stereocenters. The van der Waals surface area contributed by atoms with Gasteiger partial charge in [-0.25, -0.2) is 4.98 Å². The Morgan fingerprint density at radius 2 is 1.80 bits per heavy atom. The van der Waals surface area contributed by atoms with Gasteiger partial charge < -0.3 is 4.42 Å². The number of hydrogen-bond acceptors (Lipinski definition) is 3. The summed E-state index contributed by atoms with van der Waals surface area (Å²) in [4.78, 5) is 9.08. The molecule has 4 rings (SSSR count). The zero-order chi connectivity index (χ0) is 17.6. The maximum absolute atomic E-state index is 5.88. The fourth-order valence-electron chi connectivity index (χ4n) is 3.26. The third-order valence-corrected chi connectivity index (χ3v) is 4.34. The largest absolute Gasteiger partial charge is 0.438 e. The summed E-state index contributed by atoms with van der Waals surface area (Å²) < 4.78 is 5.88. The molecule has 0 spiro atoms. The number of hydrogen-bond donors (Lipinski definition) is 0. The second kappa shape index (κ2) is 5.69. The van der Waals surface area contributed by atoms with E-state index in [-0.39, 0.29) is 5.41 Å². The summed E-state index contributed by atoms with van der Waals surface area (Å²) >= 11 is 0. The lowest BCUT2D eigenvalue weighted by Crippen LogP contribution is -2.09. The van der Waals surface area contributed by atoms with E-state index in [0.717, 1.165) is 34.0 Å². The lowest BCUT2D eigenvalue weighted by atomic mass is 9.88. The van der Waals surface area contributed by atoms with Crippen LogP contribution in [0.5, 0.6) is 0 Å². The van der Waals surface area contributed by atoms with Gasteiger partial charge in [-0.3, -0.25) is 4.98 Å². The number of benzene rings is 1. The zero-order valence-electron chi connectivity index (χ0n) is 15.1. The number of furan rings is 1. The molecule has 3 heterocycles. The number of aromatic nitrogens is 2. The van der Waals surface area contributed by atoms with Crippen molar-refractivity contribution in [3.05, 3.63) is 59.9 Å². The Bertz CT molecular complexity index is 1070. The first-order valence-electron chi connectivity index (χ1n) is 8.63. The molecule has 4 aromatic rings. The summed E-state index contributed by atoms with van der Waals surface area (Å²) in [7, 11) is 0. The fourth-order valence-corrected chi connectivity index (χ4v) is 3.26. The Balaban J connectivity index is 1.82. The highest BCUT2D eigenvalue weighted by molar-refractivity contribution is 6.04. The molecule has 0 radical (unpaired) electrons. The molecule has 0 aliphatic carbocycles. The molecule has 0 aliphatic heterocycles. The van der Waals surface area contributed by atoms with E-state index in [4.69, 9.17) is 4.42 Å². The van der Waals surface area contributed by atoms with Crippen LogP contribution in [-0.2, 0) is 6.42 Å². The SMILES string of the molecule is Cc1ccc2c(c1)oc1ncc(-c3cc(CC(C)(C)C)ccn3)cc12. The first kappa shape index (κ1) is 15.8. The Labute approximate surface area is 147 Å². The highest BCUT2D eigenvalue weighted by Gasteiger charge is 2.13. The van der Waals surface area contributed by atoms with Crippen molar-refractivity contribution in [3.8, 4) is 11.3 Å². The van der Waals surface area contributed by atoms with Crippen LogP contribution >= 0.6 is 0 Å². The highest BCUT2D eigenvalue weighted by Crippen LogP contribution is 2.31. The van der Waals surface area contributed by atoms with Gasteiger partial charge in [0.05, 0.1) is 5.69 Å². The predicted octanol–water partition coefficient (Wildman–Crippen LogP) is 5.94. The average Bonchev–Trinajstić information content (AvgIpc) is 2.90. The van der Waals surface area contributed by atoms with E-state index in [1.807, 2.05) is 12.4 Å². The first-order chi connectivity index (χ1) is 11.9. The lowest BCUT2D eigenvalue weighted by molar-refractivity contribution is 0.411. The van der Waals surface area contributed by atoms with Gasteiger partial charge in [0.25, 0.3) is 0 Å². The number of fused-ring (bicyclic) bond motifs is 3. The predicted molar refractivity (Wildman–Crippen MR) is 103 cm³/mol. The van der Waals surface area contributed by atoms with E-state index >= 15 is 0 Å². The van der Waals surface area contributed by atoms with Crippen LogP contribution in [0.1, 0.15) is 31.9 Å². The molecule has 0 saturated carbocycles. The standard InChI is InChI=1S/C22H22N2O/c1-14-5-6-17-18-11-16(13-24-21(18)25-20(17)9-14)19-10-15(7-8-23-19)12-22(2,3)4/h5-11,13H,12H2,1-4H3. The van der Waals surface area contributed by atoms with Gasteiger partial charge in [-0.2, -0.15) is 0 Å². The highest BCUT2D eigenvalue weighted by atomic mass is 16.3. The Morgan fingerprint density at radius 1 is 0.960 bits per heavy atom. The first-order valence-corrected chi connectivity index (χ1v) is 8.63. The molecule has 0 atom stereocenters. The quantitative estimate of drug-likeness (QED) is 0.456. The molecule has 3 nitrogen and oxygen atoms in total. The molecule has 0 saturated heterocycles. The lowest BCUT2D eigenvalue weighted by Gasteiger charge is -2.18. The smallest absolute Gasteiger partial charge is 0.227 e. The van der Waals surface area contributed by atoms with Crippen LogP contribution in [0.4, 0.5) is 0 Å². The Kier molecular flexibility index (Phi) is 3.60. The summed E-state index contributed by atoms with van der Waals surface area (Å²) in [5.41, 5.74) is 6.27. The van der Waals surface area contributed by atoms with Gasteiger partial charge in [0.15, 0.2) is 0 Å². The van der Waals surface area contributed by atoms with Gasteiger partial charge in [-0.15, -0.1) is 0 Å². The summed E-state index contributed by atoms with van der Waals surface area (Å²) in [6, 6.07) is 12.7. The minimum absolute atomic E-state index is 0.249. The van der Waals surface area contributed by atoms with E-state index in [2.05, 4.69) is 74.1 Å². The van der Waals surface area contributed by atoms with E-state index in [1.165, 1.54) is 11.1 Å². The van der Waals surface area contributed by atoms with Crippen molar-refractivity contribution in [3.63, 3.8) is 0 Å². The van der Waals surface area contributed by atoms with Crippen molar-refractivity contribution in [1.82, 2.24) is 9.97 Å². The molecule has 1 aromatic carbocycles. The van der Waals surface area contributed by atoms with Crippen LogP contribution in [0, 0.1) is 12.3 Å². The maximum Gasteiger partial charge on any atom is 0.227 e. The van der Waals surface area contributed by atoms with Gasteiger partial charge in [0, 0.05) is 28.7 Å². The topological polar surface area (TPSA) is 38.9 Å². The molecule has 25 heavy (non-hydrogen) atoms. The van der Waals surface area contributed by atoms with Gasteiger partial charge in [-0.1, -0.05) is 32.9 Å². The van der Waals surface area contributed by atoms with E-state index in [9.17, 15) is 0 Å². The summed E-state index contributed by atoms with van der Waals surface area (Å²) in [5.74, 6) is 0. The molecule has 0 aliphatic rings. The summed E-state index contributed by atoms with van der Waals surface area (Å²) in [5, 5.41) is 2.14. The van der Waals surface area contributed by atoms with Gasteiger partial charge in [0.1, 0.15) is 5.58 Å². The van der Waals surface area contributed by atoms with Crippen molar-refractivity contribution in [2.24, 2.45) is 5.41 Å². The van der Waals surface area contributed by atoms with Crippen molar-refractivity contribution in [2.45, 2.75) is 34.1 Å². The summed E-state index contributed by atoms with van der Waals surface area (Å²) in [6.45, 7) is 8.82. The molecular formula is C22H22N2O. The van der Waals surface area contributed by atoms with Crippen molar-refractivity contribution in [1.29, 1.82) is 0 Å². The van der Waals surface area contributed by atoms with Crippen molar-refractivity contribution < 1.29 is 4.42 Å². The van der Waals surface area contributed by atoms with E-state index in [1.54, 1.807) is 0 Å². The zero-order valence-corrected chi connectivity index (χ0v) is 15.1. The van der Waals surface area contributed by atoms with Crippen molar-refractivity contribution >= 4 is 22.1 Å². The van der Waals surface area contributed by atoms with Gasteiger partial charge >= 0.3 is 0 Å². The van der Waals surface area contributed by atoms with Gasteiger partial charge in [0.2, 0.25) is 5.71 Å². The number of rotatable bonds is 2. The molecule has 3 aromatic heterocycles. The fraction of sp³-hybridized carbons (Fsp3) is 0.273. The second-order valence-electron chi connectivity index (χ2n) is 7.97. The third-order valence-electron chi connectivity index (χ3n) is 4.34. The van der Waals surface area contributed by atoms with E-state index < -0.39 is 0 Å². The van der Waals surface area contributed by atoms with Crippen LogP contribution in [0.2, 0.25) is 0 Å². The molecule has 126 valence electrons. The average molecular weight is 330 g/mol. The normalized spacial score (nSPS) is 12.2. The van der Waals surface area contributed by atoms with Crippen LogP contribution < -0.4 is 0 Å². The third kappa shape index (κ3) is 3.14. The Hall–Kier alpha value is -2.68. The monoisotopic (exact) mass is 330 g/mol. The molecular weight excluding hydrogens is 308 g/mol. The number of pyridine rings is 2. The molecule has 0 fully saturated rings. The molecule has 0 bridgehead atoms. The van der Waals surface area contributed by atoms with E-state index in [0.29, 0.717) is 5.71 Å². The molecule has 0 N–H and O–H groups in total. The van der Waals surface area contributed by atoms with Crippen LogP contribution in [-0.4, -0.2) is 9.97 Å². The number of nitrogens with zero attached hydrogens (tertiary/aromatic N) is 2. The minimum atomic E-state index is 0.249. The van der Waals surface area contributed by atoms with Crippen LogP contribution in [0.3, 0.4) is 0 Å². The van der Waals surface area contributed by atoms with Gasteiger partial charge in [-0.05, 0) is 54.2 Å².